The molecule has 2 heterocycles. The molecule has 2 amide bonds. The Labute approximate surface area is 137 Å². The minimum Gasteiger partial charge on any atom is -0.466 e. The van der Waals surface area contributed by atoms with Crippen LogP contribution in [-0.4, -0.2) is 11.1 Å². The molecule has 3 aromatic rings. The van der Waals surface area contributed by atoms with Gasteiger partial charge in [0.05, 0.1) is 12.8 Å². The number of benzene rings is 1. The first-order valence-electron chi connectivity index (χ1n) is 7.12. The average molecular weight is 328 g/mol. The molecule has 1 aromatic carbocycles. The highest BCUT2D eigenvalue weighted by molar-refractivity contribution is 7.12. The Bertz CT molecular complexity index is 753. The summed E-state index contributed by atoms with van der Waals surface area (Å²) in [4.78, 5) is 13.6. The normalized spacial score (nSPS) is 11.9. The van der Waals surface area contributed by atoms with Crippen molar-refractivity contribution in [3.05, 3.63) is 76.4 Å². The van der Waals surface area contributed by atoms with Crippen molar-refractivity contribution in [3.8, 4) is 0 Å². The van der Waals surface area contributed by atoms with Crippen molar-refractivity contribution in [1.82, 2.24) is 5.32 Å². The van der Waals surface area contributed by atoms with Crippen LogP contribution in [0.25, 0.3) is 0 Å². The van der Waals surface area contributed by atoms with E-state index in [1.807, 2.05) is 42.5 Å². The van der Waals surface area contributed by atoms with Crippen LogP contribution >= 0.6 is 11.3 Å². The smallest absolute Gasteiger partial charge is 0.319 e. The third kappa shape index (κ3) is 4.00. The number of para-hydroxylation sites is 1. The molecule has 0 bridgehead atoms. The predicted molar refractivity (Wildman–Crippen MR) is 89.4 cm³/mol. The lowest BCUT2D eigenvalue weighted by Crippen LogP contribution is -2.27. The Morgan fingerprint density at radius 3 is 2.70 bits per heavy atom. The van der Waals surface area contributed by atoms with Crippen LogP contribution in [0.15, 0.2) is 65.3 Å². The van der Waals surface area contributed by atoms with E-state index >= 15 is 0 Å². The van der Waals surface area contributed by atoms with E-state index in [9.17, 15) is 9.90 Å². The number of carbonyl (C=O) groups excluding carboxylic acids is 1. The number of aliphatic hydroxyl groups excluding tert-OH is 1. The van der Waals surface area contributed by atoms with Gasteiger partial charge in [-0.2, -0.15) is 0 Å². The summed E-state index contributed by atoms with van der Waals surface area (Å²) >= 11 is 1.44. The van der Waals surface area contributed by atoms with Crippen LogP contribution < -0.4 is 10.6 Å². The van der Waals surface area contributed by atoms with Crippen LogP contribution in [0.5, 0.6) is 0 Å². The van der Waals surface area contributed by atoms with E-state index in [1.165, 1.54) is 17.6 Å². The van der Waals surface area contributed by atoms with E-state index in [0.717, 1.165) is 15.4 Å². The molecule has 0 aliphatic carbocycles. The van der Waals surface area contributed by atoms with Crippen molar-refractivity contribution in [2.24, 2.45) is 0 Å². The maximum atomic E-state index is 11.8. The quantitative estimate of drug-likeness (QED) is 0.668. The topological polar surface area (TPSA) is 74.5 Å². The lowest BCUT2D eigenvalue weighted by Gasteiger charge is -2.06. The number of aliphatic hydroxyl groups is 1. The molecule has 1 unspecified atom stereocenters. The molecule has 0 spiro atoms. The Morgan fingerprint density at radius 1 is 1.13 bits per heavy atom. The number of amides is 2. The number of urea groups is 1. The van der Waals surface area contributed by atoms with E-state index in [2.05, 4.69) is 10.6 Å². The second-order valence-electron chi connectivity index (χ2n) is 4.90. The van der Waals surface area contributed by atoms with Gasteiger partial charge in [-0.1, -0.05) is 18.2 Å². The molecular formula is C17H16N2O3S. The van der Waals surface area contributed by atoms with Crippen LogP contribution in [0.1, 0.15) is 21.6 Å². The summed E-state index contributed by atoms with van der Waals surface area (Å²) in [7, 11) is 0. The monoisotopic (exact) mass is 328 g/mol. The van der Waals surface area contributed by atoms with Crippen molar-refractivity contribution in [1.29, 1.82) is 0 Å². The Kier molecular flexibility index (Phi) is 4.75. The number of hydrogen-bond donors (Lipinski definition) is 3. The van der Waals surface area contributed by atoms with Crippen LogP contribution in [0.2, 0.25) is 0 Å². The minimum absolute atomic E-state index is 0.266. The van der Waals surface area contributed by atoms with Gasteiger partial charge < -0.3 is 20.2 Å². The number of hydrogen-bond acceptors (Lipinski definition) is 4. The van der Waals surface area contributed by atoms with Gasteiger partial charge in [-0.15, -0.1) is 11.3 Å². The summed E-state index contributed by atoms with van der Waals surface area (Å²) < 4.78 is 5.20. The van der Waals surface area contributed by atoms with Gasteiger partial charge in [0.2, 0.25) is 0 Å². The number of rotatable bonds is 5. The molecule has 0 fully saturated rings. The summed E-state index contributed by atoms with van der Waals surface area (Å²) in [5, 5.41) is 15.7. The van der Waals surface area contributed by atoms with Crippen LogP contribution in [-0.2, 0) is 6.54 Å². The highest BCUT2D eigenvalue weighted by Crippen LogP contribution is 2.28. The molecule has 2 aromatic heterocycles. The lowest BCUT2D eigenvalue weighted by atomic mass is 10.2. The maximum Gasteiger partial charge on any atom is 0.319 e. The van der Waals surface area contributed by atoms with Crippen molar-refractivity contribution in [3.63, 3.8) is 0 Å². The van der Waals surface area contributed by atoms with Gasteiger partial charge in [-0.05, 0) is 36.4 Å². The highest BCUT2D eigenvalue weighted by atomic mass is 32.1. The van der Waals surface area contributed by atoms with Gasteiger partial charge >= 0.3 is 6.03 Å². The Balaban J connectivity index is 1.54. The summed E-state index contributed by atoms with van der Waals surface area (Å²) in [5.41, 5.74) is 0.741. The van der Waals surface area contributed by atoms with E-state index < -0.39 is 6.10 Å². The molecule has 3 N–H and O–H groups in total. The summed E-state index contributed by atoms with van der Waals surface area (Å²) in [6, 6.07) is 16.2. The van der Waals surface area contributed by atoms with E-state index in [-0.39, 0.29) is 6.03 Å². The number of thiophene rings is 1. The second kappa shape index (κ2) is 7.13. The molecule has 3 rings (SSSR count). The average Bonchev–Trinajstić information content (AvgIpc) is 3.25. The van der Waals surface area contributed by atoms with Gasteiger partial charge in [0, 0.05) is 15.4 Å². The molecule has 118 valence electrons. The summed E-state index contributed by atoms with van der Waals surface area (Å²) in [6.45, 7) is 0.397. The first kappa shape index (κ1) is 15.3. The zero-order chi connectivity index (χ0) is 16.1. The molecule has 5 nitrogen and oxygen atoms in total. The van der Waals surface area contributed by atoms with Crippen molar-refractivity contribution < 1.29 is 14.3 Å². The molecule has 0 saturated heterocycles. The van der Waals surface area contributed by atoms with Gasteiger partial charge in [-0.25, -0.2) is 4.79 Å². The maximum absolute atomic E-state index is 11.8. The Morgan fingerprint density at radius 2 is 1.96 bits per heavy atom. The first-order chi connectivity index (χ1) is 11.2. The lowest BCUT2D eigenvalue weighted by molar-refractivity contribution is 0.193. The van der Waals surface area contributed by atoms with Crippen LogP contribution in [0.4, 0.5) is 10.5 Å². The molecule has 0 radical (unpaired) electrons. The Hall–Kier alpha value is -2.57. The minimum atomic E-state index is -0.776. The van der Waals surface area contributed by atoms with Gasteiger partial charge in [0.1, 0.15) is 11.9 Å². The zero-order valence-electron chi connectivity index (χ0n) is 12.2. The summed E-state index contributed by atoms with van der Waals surface area (Å²) in [5.74, 6) is 0.508. The summed E-state index contributed by atoms with van der Waals surface area (Å²) in [6.07, 6.45) is 0.754. The molecule has 0 aliphatic rings. The molecule has 0 aliphatic heterocycles. The number of furan rings is 1. The van der Waals surface area contributed by atoms with Crippen molar-refractivity contribution >= 4 is 23.1 Å². The zero-order valence-corrected chi connectivity index (χ0v) is 13.0. The predicted octanol–water partition coefficient (Wildman–Crippen LogP) is 3.74. The van der Waals surface area contributed by atoms with Crippen molar-refractivity contribution in [2.75, 3.05) is 5.32 Å². The van der Waals surface area contributed by atoms with Crippen LogP contribution in [0.3, 0.4) is 0 Å². The fourth-order valence-corrected chi connectivity index (χ4v) is 3.03. The first-order valence-corrected chi connectivity index (χ1v) is 7.94. The number of anilines is 1. The standard InChI is InChI=1S/C17H16N2O3S/c20-16(14-7-4-10-22-14)15-9-8-13(23-15)11-18-17(21)19-12-5-2-1-3-6-12/h1-10,16,20H,11H2,(H2,18,19,21). The molecule has 6 heteroatoms. The van der Waals surface area contributed by atoms with Gasteiger partial charge in [0.15, 0.2) is 0 Å². The largest absolute Gasteiger partial charge is 0.466 e. The molecule has 23 heavy (non-hydrogen) atoms. The molecule has 0 saturated carbocycles. The molecule has 1 atom stereocenters. The second-order valence-corrected chi connectivity index (χ2v) is 6.10. The third-order valence-corrected chi connectivity index (χ3v) is 4.36. The van der Waals surface area contributed by atoms with E-state index in [0.29, 0.717) is 12.3 Å². The highest BCUT2D eigenvalue weighted by Gasteiger charge is 2.15. The van der Waals surface area contributed by atoms with Crippen LogP contribution in [0, 0.1) is 0 Å². The van der Waals surface area contributed by atoms with Crippen molar-refractivity contribution in [2.45, 2.75) is 12.6 Å². The fourth-order valence-electron chi connectivity index (χ4n) is 2.09. The fraction of sp³-hybridized carbons (Fsp3) is 0.118. The molecular weight excluding hydrogens is 312 g/mol. The van der Waals surface area contributed by atoms with E-state index in [4.69, 9.17) is 4.42 Å². The van der Waals surface area contributed by atoms with Gasteiger partial charge in [0.25, 0.3) is 0 Å². The number of nitrogens with one attached hydrogen (secondary N) is 2. The SMILES string of the molecule is O=C(NCc1ccc(C(O)c2ccco2)s1)Nc1ccccc1. The van der Waals surface area contributed by atoms with E-state index in [1.54, 1.807) is 12.1 Å². The van der Waals surface area contributed by atoms with Gasteiger partial charge in [-0.3, -0.25) is 0 Å². The third-order valence-electron chi connectivity index (χ3n) is 3.22. The number of carbonyl (C=O) groups is 1.